The molecule has 3 aromatic rings. The maximum Gasteiger partial charge on any atom is 0.267 e. The predicted molar refractivity (Wildman–Crippen MR) is 80.7 cm³/mol. The Balaban J connectivity index is 1.99. The average Bonchev–Trinajstić information content (AvgIpc) is 2.88. The van der Waals surface area contributed by atoms with Gasteiger partial charge in [0.2, 0.25) is 5.95 Å². The minimum atomic E-state index is -3.77. The summed E-state index contributed by atoms with van der Waals surface area (Å²) in [5.41, 5.74) is 1.45. The largest absolute Gasteiger partial charge is 0.372 e. The van der Waals surface area contributed by atoms with Crippen molar-refractivity contribution in [1.29, 1.82) is 0 Å². The van der Waals surface area contributed by atoms with Crippen molar-refractivity contribution in [3.8, 4) is 0 Å². The minimum Gasteiger partial charge on any atom is -0.372 e. The van der Waals surface area contributed by atoms with Crippen LogP contribution in [-0.2, 0) is 10.0 Å². The lowest BCUT2D eigenvalue weighted by Crippen LogP contribution is -2.16. The van der Waals surface area contributed by atoms with Crippen LogP contribution in [0.3, 0.4) is 0 Å². The highest BCUT2D eigenvalue weighted by Crippen LogP contribution is 2.21. The lowest BCUT2D eigenvalue weighted by atomic mass is 10.3. The van der Waals surface area contributed by atoms with Crippen molar-refractivity contribution < 1.29 is 8.42 Å². The first-order chi connectivity index (χ1) is 10.1. The van der Waals surface area contributed by atoms with Crippen LogP contribution in [-0.4, -0.2) is 30.4 Å². The zero-order valence-corrected chi connectivity index (χ0v) is 12.0. The molecule has 0 spiro atoms. The van der Waals surface area contributed by atoms with Crippen molar-refractivity contribution in [2.24, 2.45) is 0 Å². The maximum absolute atomic E-state index is 12.4. The van der Waals surface area contributed by atoms with E-state index in [0.717, 1.165) is 5.52 Å². The van der Waals surface area contributed by atoms with Gasteiger partial charge in [0.1, 0.15) is 10.7 Å². The number of aromatic amines is 1. The van der Waals surface area contributed by atoms with Gasteiger partial charge in [-0.1, -0.05) is 12.1 Å². The number of H-pyrrole nitrogens is 1. The molecule has 0 amide bonds. The number of nitrogens with zero attached hydrogens (tertiary/aromatic N) is 2. The van der Waals surface area contributed by atoms with Gasteiger partial charge in [0.25, 0.3) is 10.0 Å². The average molecular weight is 303 g/mol. The summed E-state index contributed by atoms with van der Waals surface area (Å²) in [6.07, 6.45) is 1.52. The van der Waals surface area contributed by atoms with Crippen molar-refractivity contribution in [1.82, 2.24) is 15.0 Å². The molecule has 1 aromatic carbocycles. The molecule has 0 saturated carbocycles. The van der Waals surface area contributed by atoms with E-state index >= 15 is 0 Å². The van der Waals surface area contributed by atoms with Crippen LogP contribution < -0.4 is 10.0 Å². The molecular weight excluding hydrogens is 290 g/mol. The second-order valence-corrected chi connectivity index (χ2v) is 5.96. The standard InChI is InChI=1S/C13H13N5O2S/c1-14-12-11(7-4-8-15-12)21(19,20)18-13-16-9-5-2-3-6-10(9)17-13/h2-8H,1H3,(H,14,15)(H2,16,17,18). The van der Waals surface area contributed by atoms with E-state index in [1.807, 2.05) is 18.2 Å². The number of imidazole rings is 1. The highest BCUT2D eigenvalue weighted by atomic mass is 32.2. The second kappa shape index (κ2) is 5.06. The first kappa shape index (κ1) is 13.4. The summed E-state index contributed by atoms with van der Waals surface area (Å²) in [6.45, 7) is 0. The summed E-state index contributed by atoms with van der Waals surface area (Å²) in [7, 11) is -2.16. The van der Waals surface area contributed by atoms with Gasteiger partial charge < -0.3 is 10.3 Å². The van der Waals surface area contributed by atoms with Crippen molar-refractivity contribution in [2.75, 3.05) is 17.1 Å². The fourth-order valence-electron chi connectivity index (χ4n) is 1.98. The third-order valence-electron chi connectivity index (χ3n) is 2.92. The lowest BCUT2D eigenvalue weighted by molar-refractivity contribution is 0.601. The molecule has 0 radical (unpaired) electrons. The van der Waals surface area contributed by atoms with E-state index in [0.29, 0.717) is 5.52 Å². The molecule has 0 saturated heterocycles. The normalized spacial score (nSPS) is 11.5. The van der Waals surface area contributed by atoms with Gasteiger partial charge in [0.05, 0.1) is 11.0 Å². The molecule has 0 atom stereocenters. The van der Waals surface area contributed by atoms with Gasteiger partial charge in [-0.25, -0.2) is 23.1 Å². The number of aromatic nitrogens is 3. The van der Waals surface area contributed by atoms with Crippen LogP contribution in [0.5, 0.6) is 0 Å². The number of hydrogen-bond acceptors (Lipinski definition) is 5. The number of para-hydroxylation sites is 2. The first-order valence-electron chi connectivity index (χ1n) is 6.20. The Morgan fingerprint density at radius 1 is 1.14 bits per heavy atom. The Hall–Kier alpha value is -2.61. The van der Waals surface area contributed by atoms with Crippen LogP contribution in [0.15, 0.2) is 47.5 Å². The van der Waals surface area contributed by atoms with Gasteiger partial charge in [-0.2, -0.15) is 0 Å². The van der Waals surface area contributed by atoms with E-state index in [4.69, 9.17) is 0 Å². The maximum atomic E-state index is 12.4. The van der Waals surface area contributed by atoms with E-state index in [2.05, 4.69) is 25.0 Å². The van der Waals surface area contributed by atoms with Gasteiger partial charge in [-0.3, -0.25) is 0 Å². The van der Waals surface area contributed by atoms with Crippen molar-refractivity contribution >= 4 is 32.8 Å². The zero-order valence-electron chi connectivity index (χ0n) is 11.2. The Kier molecular flexibility index (Phi) is 3.22. The van der Waals surface area contributed by atoms with Crippen LogP contribution in [0, 0.1) is 0 Å². The van der Waals surface area contributed by atoms with Gasteiger partial charge in [-0.15, -0.1) is 0 Å². The smallest absolute Gasteiger partial charge is 0.267 e. The Morgan fingerprint density at radius 2 is 1.95 bits per heavy atom. The van der Waals surface area contributed by atoms with Crippen molar-refractivity contribution in [2.45, 2.75) is 4.90 Å². The molecule has 0 aliphatic heterocycles. The molecule has 7 nitrogen and oxygen atoms in total. The number of rotatable bonds is 4. The van der Waals surface area contributed by atoms with Crippen LogP contribution in [0.25, 0.3) is 11.0 Å². The summed E-state index contributed by atoms with van der Waals surface area (Å²) >= 11 is 0. The number of sulfonamides is 1. The van der Waals surface area contributed by atoms with E-state index in [9.17, 15) is 8.42 Å². The molecule has 108 valence electrons. The quantitative estimate of drug-likeness (QED) is 0.682. The predicted octanol–water partition coefficient (Wildman–Crippen LogP) is 1.80. The number of anilines is 2. The van der Waals surface area contributed by atoms with Crippen LogP contribution >= 0.6 is 0 Å². The molecule has 3 N–H and O–H groups in total. The SMILES string of the molecule is CNc1ncccc1S(=O)(=O)Nc1nc2ccccc2[nH]1. The van der Waals surface area contributed by atoms with E-state index in [-0.39, 0.29) is 16.7 Å². The molecule has 8 heteroatoms. The summed E-state index contributed by atoms with van der Waals surface area (Å²) in [6, 6.07) is 10.3. The molecule has 3 rings (SSSR count). The minimum absolute atomic E-state index is 0.0629. The second-order valence-electron chi connectivity index (χ2n) is 4.31. The molecule has 2 heterocycles. The topological polar surface area (TPSA) is 99.8 Å². The molecule has 0 bridgehead atoms. The molecule has 0 unspecified atom stereocenters. The lowest BCUT2D eigenvalue weighted by Gasteiger charge is -2.08. The third kappa shape index (κ3) is 2.52. The number of fused-ring (bicyclic) bond motifs is 1. The number of benzene rings is 1. The Morgan fingerprint density at radius 3 is 2.71 bits per heavy atom. The monoisotopic (exact) mass is 303 g/mol. The molecule has 2 aromatic heterocycles. The summed E-state index contributed by atoms with van der Waals surface area (Å²) in [4.78, 5) is 11.2. The van der Waals surface area contributed by atoms with E-state index in [1.54, 1.807) is 19.2 Å². The van der Waals surface area contributed by atoms with Gasteiger partial charge >= 0.3 is 0 Å². The van der Waals surface area contributed by atoms with Gasteiger partial charge in [0.15, 0.2) is 0 Å². The highest BCUT2D eigenvalue weighted by Gasteiger charge is 2.20. The third-order valence-corrected chi connectivity index (χ3v) is 4.29. The zero-order chi connectivity index (χ0) is 14.9. The molecule has 0 fully saturated rings. The summed E-state index contributed by atoms with van der Waals surface area (Å²) < 4.78 is 27.2. The van der Waals surface area contributed by atoms with Gasteiger partial charge in [0, 0.05) is 13.2 Å². The fourth-order valence-corrected chi connectivity index (χ4v) is 3.11. The van der Waals surface area contributed by atoms with Crippen LogP contribution in [0.1, 0.15) is 0 Å². The highest BCUT2D eigenvalue weighted by molar-refractivity contribution is 7.92. The van der Waals surface area contributed by atoms with Gasteiger partial charge in [-0.05, 0) is 24.3 Å². The molecule has 21 heavy (non-hydrogen) atoms. The van der Waals surface area contributed by atoms with E-state index in [1.165, 1.54) is 12.3 Å². The van der Waals surface area contributed by atoms with Crippen LogP contribution in [0.4, 0.5) is 11.8 Å². The Labute approximate surface area is 121 Å². The van der Waals surface area contributed by atoms with Crippen LogP contribution in [0.2, 0.25) is 0 Å². The number of hydrogen-bond donors (Lipinski definition) is 3. The van der Waals surface area contributed by atoms with E-state index < -0.39 is 10.0 Å². The fraction of sp³-hybridized carbons (Fsp3) is 0.0769. The van der Waals surface area contributed by atoms with Crippen molar-refractivity contribution in [3.63, 3.8) is 0 Å². The first-order valence-corrected chi connectivity index (χ1v) is 7.69. The summed E-state index contributed by atoms with van der Waals surface area (Å²) in [5.74, 6) is 0.447. The Bertz CT molecular complexity index is 855. The molecular formula is C13H13N5O2S. The number of nitrogens with one attached hydrogen (secondary N) is 3. The number of pyridine rings is 1. The van der Waals surface area contributed by atoms with Crippen molar-refractivity contribution in [3.05, 3.63) is 42.6 Å². The molecule has 0 aliphatic carbocycles. The summed E-state index contributed by atoms with van der Waals surface area (Å²) in [5, 5.41) is 2.75. The molecule has 0 aliphatic rings.